The van der Waals surface area contributed by atoms with Crippen LogP contribution < -0.4 is 15.0 Å². The molecule has 2 aromatic rings. The predicted octanol–water partition coefficient (Wildman–Crippen LogP) is 1.83. The van der Waals surface area contributed by atoms with Gasteiger partial charge in [0.15, 0.2) is 23.3 Å². The third-order valence-electron chi connectivity index (χ3n) is 5.24. The van der Waals surface area contributed by atoms with Crippen molar-refractivity contribution in [1.82, 2.24) is 10.2 Å². The zero-order valence-corrected chi connectivity index (χ0v) is 17.4. The van der Waals surface area contributed by atoms with Gasteiger partial charge in [-0.15, -0.1) is 0 Å². The number of piperazine rings is 1. The molecule has 2 aromatic carbocycles. The first-order valence-electron chi connectivity index (χ1n) is 9.81. The molecule has 1 aliphatic heterocycles. The number of halogens is 5. The van der Waals surface area contributed by atoms with E-state index in [0.29, 0.717) is 18.8 Å². The number of hydrogen-bond acceptors (Lipinski definition) is 5. The van der Waals surface area contributed by atoms with Crippen LogP contribution in [-0.2, 0) is 4.79 Å². The average Bonchev–Trinajstić information content (AvgIpc) is 2.84. The number of para-hydroxylation sites is 2. The van der Waals surface area contributed by atoms with Crippen molar-refractivity contribution in [2.45, 2.75) is 6.04 Å². The molecule has 2 amide bonds. The lowest BCUT2D eigenvalue weighted by atomic mass is 10.1. The van der Waals surface area contributed by atoms with Crippen molar-refractivity contribution in [3.8, 4) is 5.75 Å². The van der Waals surface area contributed by atoms with Crippen molar-refractivity contribution in [2.75, 3.05) is 44.8 Å². The molecular formula is C21H20F5N3O4. The smallest absolute Gasteiger partial charge is 0.258 e. The largest absolute Gasteiger partial charge is 0.495 e. The van der Waals surface area contributed by atoms with E-state index in [1.54, 1.807) is 12.1 Å². The number of ether oxygens (including phenoxy) is 1. The van der Waals surface area contributed by atoms with Crippen LogP contribution >= 0.6 is 0 Å². The quantitative estimate of drug-likeness (QED) is 0.380. The minimum Gasteiger partial charge on any atom is -0.495 e. The monoisotopic (exact) mass is 473 g/mol. The van der Waals surface area contributed by atoms with Gasteiger partial charge in [0.05, 0.1) is 19.4 Å². The Morgan fingerprint density at radius 3 is 2.06 bits per heavy atom. The Morgan fingerprint density at radius 2 is 1.52 bits per heavy atom. The first kappa shape index (κ1) is 24.2. The van der Waals surface area contributed by atoms with Crippen molar-refractivity contribution in [3.63, 3.8) is 0 Å². The number of benzene rings is 2. The molecule has 1 atom stereocenters. The third-order valence-corrected chi connectivity index (χ3v) is 5.24. The second-order valence-electron chi connectivity index (χ2n) is 7.14. The summed E-state index contributed by atoms with van der Waals surface area (Å²) in [6, 6.07) is 5.61. The van der Waals surface area contributed by atoms with Crippen LogP contribution in [-0.4, -0.2) is 67.8 Å². The third kappa shape index (κ3) is 4.70. The van der Waals surface area contributed by atoms with Crippen molar-refractivity contribution >= 4 is 17.5 Å². The van der Waals surface area contributed by atoms with Crippen molar-refractivity contribution in [3.05, 3.63) is 58.9 Å². The number of anilines is 1. The lowest BCUT2D eigenvalue weighted by molar-refractivity contribution is -0.134. The summed E-state index contributed by atoms with van der Waals surface area (Å²) in [4.78, 5) is 28.2. The molecule has 33 heavy (non-hydrogen) atoms. The highest BCUT2D eigenvalue weighted by atomic mass is 19.2. The van der Waals surface area contributed by atoms with Gasteiger partial charge in [-0.1, -0.05) is 12.1 Å². The van der Waals surface area contributed by atoms with Crippen LogP contribution in [0.2, 0.25) is 0 Å². The number of hydrogen-bond donors (Lipinski definition) is 2. The normalized spacial score (nSPS) is 14.8. The van der Waals surface area contributed by atoms with Gasteiger partial charge < -0.3 is 25.0 Å². The van der Waals surface area contributed by atoms with Crippen LogP contribution in [0, 0.1) is 29.1 Å². The second kappa shape index (κ2) is 10.0. The molecule has 1 fully saturated rings. The maximum Gasteiger partial charge on any atom is 0.258 e. The molecular weight excluding hydrogens is 453 g/mol. The summed E-state index contributed by atoms with van der Waals surface area (Å²) in [5.41, 5.74) is -0.927. The molecule has 3 rings (SSSR count). The zero-order chi connectivity index (χ0) is 24.3. The molecule has 12 heteroatoms. The zero-order valence-electron chi connectivity index (χ0n) is 17.4. The SMILES string of the molecule is COc1ccccc1N1CCN(C(=O)[C@H](CO)NC(=O)c2c(F)c(F)c(F)c(F)c2F)CC1. The molecule has 0 aromatic heterocycles. The van der Waals surface area contributed by atoms with Gasteiger partial charge >= 0.3 is 0 Å². The molecule has 7 nitrogen and oxygen atoms in total. The number of rotatable bonds is 6. The van der Waals surface area contributed by atoms with Crippen molar-refractivity contribution in [1.29, 1.82) is 0 Å². The Bertz CT molecular complexity index is 1030. The second-order valence-corrected chi connectivity index (χ2v) is 7.14. The van der Waals surface area contributed by atoms with Gasteiger partial charge in [-0.3, -0.25) is 9.59 Å². The molecule has 1 saturated heterocycles. The van der Waals surface area contributed by atoms with Gasteiger partial charge in [0.1, 0.15) is 17.4 Å². The molecule has 0 aliphatic carbocycles. The van der Waals surface area contributed by atoms with Gasteiger partial charge in [-0.25, -0.2) is 22.0 Å². The van der Waals surface area contributed by atoms with Crippen LogP contribution in [0.4, 0.5) is 27.6 Å². The van der Waals surface area contributed by atoms with Crippen LogP contribution in [0.25, 0.3) is 0 Å². The van der Waals surface area contributed by atoms with E-state index < -0.39 is 59.1 Å². The van der Waals surface area contributed by atoms with Crippen LogP contribution in [0.15, 0.2) is 24.3 Å². The summed E-state index contributed by atoms with van der Waals surface area (Å²) in [7, 11) is 1.53. The lowest BCUT2D eigenvalue weighted by Crippen LogP contribution is -2.56. The van der Waals surface area contributed by atoms with E-state index in [1.807, 2.05) is 22.3 Å². The van der Waals surface area contributed by atoms with E-state index in [1.165, 1.54) is 12.0 Å². The Balaban J connectivity index is 1.70. The summed E-state index contributed by atoms with van der Waals surface area (Å²) >= 11 is 0. The maximum atomic E-state index is 13.9. The highest BCUT2D eigenvalue weighted by Crippen LogP contribution is 2.28. The van der Waals surface area contributed by atoms with E-state index in [2.05, 4.69) is 0 Å². The number of carbonyl (C=O) groups is 2. The number of methoxy groups -OCH3 is 1. The molecule has 0 saturated carbocycles. The van der Waals surface area contributed by atoms with Crippen LogP contribution in [0.5, 0.6) is 5.75 Å². The first-order valence-corrected chi connectivity index (χ1v) is 9.81. The highest BCUT2D eigenvalue weighted by molar-refractivity contribution is 5.98. The van der Waals surface area contributed by atoms with E-state index >= 15 is 0 Å². The summed E-state index contributed by atoms with van der Waals surface area (Å²) in [6.45, 7) is 0.190. The molecule has 0 spiro atoms. The van der Waals surface area contributed by atoms with Crippen molar-refractivity contribution < 1.29 is 41.4 Å². The Kier molecular flexibility index (Phi) is 7.36. The number of amides is 2. The average molecular weight is 473 g/mol. The predicted molar refractivity (Wildman–Crippen MR) is 106 cm³/mol. The molecule has 0 radical (unpaired) electrons. The number of aliphatic hydroxyl groups excluding tert-OH is 1. The van der Waals surface area contributed by atoms with Gasteiger partial charge in [-0.2, -0.15) is 0 Å². The van der Waals surface area contributed by atoms with Gasteiger partial charge in [0, 0.05) is 26.2 Å². The van der Waals surface area contributed by atoms with Gasteiger partial charge in [-0.05, 0) is 12.1 Å². The standard InChI is InChI=1S/C21H20F5N3O4/c1-33-13-5-3-2-4-12(13)28-6-8-29(9-7-28)21(32)11(10-30)27-20(31)14-15(22)17(24)19(26)18(25)16(14)23/h2-5,11,30H,6-10H2,1H3,(H,27,31)/t11-/m0/s1. The first-order chi connectivity index (χ1) is 15.7. The van der Waals surface area contributed by atoms with Crippen LogP contribution in [0.3, 0.4) is 0 Å². The summed E-state index contributed by atoms with van der Waals surface area (Å²) in [6.07, 6.45) is 0. The fraction of sp³-hybridized carbons (Fsp3) is 0.333. The number of carbonyl (C=O) groups excluding carboxylic acids is 2. The van der Waals surface area contributed by atoms with E-state index in [-0.39, 0.29) is 13.1 Å². The minimum atomic E-state index is -2.41. The summed E-state index contributed by atoms with van der Waals surface area (Å²) < 4.78 is 73.0. The highest BCUT2D eigenvalue weighted by Gasteiger charge is 2.33. The molecule has 2 N–H and O–H groups in total. The Labute approximate surface area is 185 Å². The van der Waals surface area contributed by atoms with E-state index in [9.17, 15) is 36.6 Å². The summed E-state index contributed by atoms with van der Waals surface area (Å²) in [5.74, 6) is -13.5. The number of nitrogens with one attached hydrogen (secondary N) is 1. The molecule has 1 aliphatic rings. The van der Waals surface area contributed by atoms with Gasteiger partial charge in [0.25, 0.3) is 5.91 Å². The minimum absolute atomic E-state index is 0.186. The molecule has 0 bridgehead atoms. The fourth-order valence-corrected chi connectivity index (χ4v) is 3.50. The topological polar surface area (TPSA) is 82.1 Å². The Morgan fingerprint density at radius 1 is 0.970 bits per heavy atom. The molecule has 1 heterocycles. The van der Waals surface area contributed by atoms with Crippen molar-refractivity contribution in [2.24, 2.45) is 0 Å². The number of aliphatic hydroxyl groups is 1. The summed E-state index contributed by atoms with van der Waals surface area (Å²) in [5, 5.41) is 11.4. The fourth-order valence-electron chi connectivity index (χ4n) is 3.50. The molecule has 178 valence electrons. The van der Waals surface area contributed by atoms with Gasteiger partial charge in [0.2, 0.25) is 11.7 Å². The molecule has 0 unspecified atom stereocenters. The maximum absolute atomic E-state index is 13.9. The lowest BCUT2D eigenvalue weighted by Gasteiger charge is -2.37. The van der Waals surface area contributed by atoms with Crippen LogP contribution in [0.1, 0.15) is 10.4 Å². The Hall–Kier alpha value is -3.41. The number of nitrogens with zero attached hydrogens (tertiary/aromatic N) is 2. The van der Waals surface area contributed by atoms with E-state index in [0.717, 1.165) is 5.69 Å². The van der Waals surface area contributed by atoms with E-state index in [4.69, 9.17) is 4.74 Å².